The van der Waals surface area contributed by atoms with Gasteiger partial charge in [0.25, 0.3) is 0 Å². The van der Waals surface area contributed by atoms with Crippen LogP contribution in [0.15, 0.2) is 0 Å². The van der Waals surface area contributed by atoms with Crippen LogP contribution in [0.4, 0.5) is 0 Å². The van der Waals surface area contributed by atoms with Gasteiger partial charge in [-0.3, -0.25) is 37.3 Å². The monoisotopic (exact) mass is 1560 g/mol. The molecule has 0 heterocycles. The predicted molar refractivity (Wildman–Crippen MR) is 442 cm³/mol. The number of carbonyl (C=O) groups excluding carboxylic acids is 4. The first-order chi connectivity index (χ1) is 52.0. The van der Waals surface area contributed by atoms with Crippen LogP contribution in [0.5, 0.6) is 0 Å². The molecule has 0 saturated carbocycles. The highest BCUT2D eigenvalue weighted by Crippen LogP contribution is 2.45. The van der Waals surface area contributed by atoms with Crippen LogP contribution in [-0.2, 0) is 65.4 Å². The van der Waals surface area contributed by atoms with Crippen molar-refractivity contribution < 1.29 is 80.2 Å². The van der Waals surface area contributed by atoms with Crippen LogP contribution in [0.3, 0.4) is 0 Å². The normalized spacial score (nSPS) is 13.7. The quantitative estimate of drug-likeness (QED) is 0.0222. The van der Waals surface area contributed by atoms with Gasteiger partial charge in [0, 0.05) is 25.7 Å². The van der Waals surface area contributed by atoms with Crippen molar-refractivity contribution >= 4 is 39.5 Å². The molecule has 3 N–H and O–H groups in total. The molecular weight excluding hydrogens is 1390 g/mol. The highest BCUT2D eigenvalue weighted by molar-refractivity contribution is 7.47. The molecule has 0 saturated heterocycles. The first-order valence-electron chi connectivity index (χ1n) is 45.6. The highest BCUT2D eigenvalue weighted by atomic mass is 31.2. The van der Waals surface area contributed by atoms with Crippen molar-refractivity contribution in [3.05, 3.63) is 0 Å². The molecule has 2 unspecified atom stereocenters. The van der Waals surface area contributed by atoms with E-state index in [0.29, 0.717) is 25.7 Å². The molecule has 0 spiro atoms. The molecule has 0 aliphatic rings. The summed E-state index contributed by atoms with van der Waals surface area (Å²) in [5.41, 5.74) is 0. The van der Waals surface area contributed by atoms with Crippen LogP contribution in [0.1, 0.15) is 478 Å². The van der Waals surface area contributed by atoms with Gasteiger partial charge in [-0.1, -0.05) is 426 Å². The Morgan fingerprint density at radius 3 is 0.636 bits per heavy atom. The van der Waals surface area contributed by atoms with Crippen molar-refractivity contribution in [1.29, 1.82) is 0 Å². The van der Waals surface area contributed by atoms with E-state index in [2.05, 4.69) is 34.6 Å². The van der Waals surface area contributed by atoms with Gasteiger partial charge in [0.05, 0.1) is 26.4 Å². The number of unbranched alkanes of at least 4 members (excludes halogenated alkanes) is 60. The second kappa shape index (κ2) is 80.7. The SMILES string of the molecule is CCCCCCCCCCCCCCCCCCCCCCCC(=O)O[C@H](COC(=O)CCCCCCCCCCCCCCCCCCCC)COP(=O)(O)OC[C@@H](O)COP(=O)(O)OC[C@@H](COC(=O)CCCCCCCCCCCCC)OC(=O)CCCCCCCCCCCCCCCCC(C)C. The zero-order chi connectivity index (χ0) is 78.3. The number of hydrogen-bond donors (Lipinski definition) is 3. The third-order valence-electron chi connectivity index (χ3n) is 20.8. The summed E-state index contributed by atoms with van der Waals surface area (Å²) in [6, 6.07) is 0. The molecule has 0 aromatic heterocycles. The summed E-state index contributed by atoms with van der Waals surface area (Å²) in [4.78, 5) is 73.3. The smallest absolute Gasteiger partial charge is 0.462 e. The number of hydrogen-bond acceptors (Lipinski definition) is 15. The standard InChI is InChI=1S/C88H172O17P2/c1-6-9-12-15-18-21-24-26-28-30-32-33-34-36-38-43-48-53-58-63-68-73-87(92)105-84(78-99-86(91)72-67-62-57-52-47-42-37-35-31-29-27-25-22-19-16-13-10-7-2)80-103-107(96,97)101-76-82(89)75-100-106(94,95)102-79-83(77-98-85(90)71-66-61-56-51-45-23-20-17-14-11-8-3)104-88(93)74-69-64-59-54-49-44-40-39-41-46-50-55-60-65-70-81(4)5/h81-84,89H,6-80H2,1-5H3,(H,94,95)(H,96,97)/t82-,83+,84+/m0/s1. The molecule has 0 bridgehead atoms. The maximum Gasteiger partial charge on any atom is 0.472 e. The Kier molecular flexibility index (Phi) is 79.2. The molecule has 107 heavy (non-hydrogen) atoms. The fourth-order valence-electron chi connectivity index (χ4n) is 13.8. The van der Waals surface area contributed by atoms with Gasteiger partial charge >= 0.3 is 39.5 Å². The summed E-state index contributed by atoms with van der Waals surface area (Å²) in [6.07, 6.45) is 75.0. The van der Waals surface area contributed by atoms with Crippen LogP contribution in [-0.4, -0.2) is 96.7 Å². The predicted octanol–water partition coefficient (Wildman–Crippen LogP) is 27.2. The van der Waals surface area contributed by atoms with Crippen molar-refractivity contribution in [2.45, 2.75) is 496 Å². The van der Waals surface area contributed by atoms with E-state index in [4.69, 9.17) is 37.0 Å². The van der Waals surface area contributed by atoms with Crippen LogP contribution in [0.25, 0.3) is 0 Å². The Morgan fingerprint density at radius 2 is 0.430 bits per heavy atom. The Labute approximate surface area is 658 Å². The molecule has 0 amide bonds. The van der Waals surface area contributed by atoms with Crippen LogP contribution in [0.2, 0.25) is 0 Å². The lowest BCUT2D eigenvalue weighted by atomic mass is 10.0. The average Bonchev–Trinajstić information content (AvgIpc) is 0.905. The Bertz CT molecular complexity index is 2030. The van der Waals surface area contributed by atoms with E-state index < -0.39 is 97.5 Å². The minimum atomic E-state index is -4.97. The maximum atomic E-state index is 13.2. The molecule has 0 aliphatic heterocycles. The molecule has 0 radical (unpaired) electrons. The van der Waals surface area contributed by atoms with Gasteiger partial charge in [-0.05, 0) is 31.6 Å². The van der Waals surface area contributed by atoms with Crippen LogP contribution in [0, 0.1) is 5.92 Å². The van der Waals surface area contributed by atoms with Crippen molar-refractivity contribution in [2.75, 3.05) is 39.6 Å². The zero-order valence-electron chi connectivity index (χ0n) is 70.3. The summed E-state index contributed by atoms with van der Waals surface area (Å²) in [5.74, 6) is -1.30. The number of aliphatic hydroxyl groups excluding tert-OH is 1. The lowest BCUT2D eigenvalue weighted by molar-refractivity contribution is -0.161. The second-order valence-corrected chi connectivity index (χ2v) is 35.0. The van der Waals surface area contributed by atoms with E-state index in [9.17, 15) is 43.2 Å². The fourth-order valence-corrected chi connectivity index (χ4v) is 15.4. The van der Waals surface area contributed by atoms with Crippen molar-refractivity contribution in [1.82, 2.24) is 0 Å². The molecule has 636 valence electrons. The third-order valence-corrected chi connectivity index (χ3v) is 22.7. The molecule has 5 atom stereocenters. The number of rotatable bonds is 88. The molecule has 17 nitrogen and oxygen atoms in total. The van der Waals surface area contributed by atoms with E-state index in [0.717, 1.165) is 95.8 Å². The Balaban J connectivity index is 5.23. The number of phosphoric acid groups is 2. The van der Waals surface area contributed by atoms with Crippen molar-refractivity contribution in [3.63, 3.8) is 0 Å². The lowest BCUT2D eigenvalue weighted by Crippen LogP contribution is -2.30. The van der Waals surface area contributed by atoms with Gasteiger partial charge in [-0.25, -0.2) is 9.13 Å². The summed E-state index contributed by atoms with van der Waals surface area (Å²) in [5, 5.41) is 10.7. The van der Waals surface area contributed by atoms with Crippen LogP contribution < -0.4 is 0 Å². The minimum absolute atomic E-state index is 0.108. The highest BCUT2D eigenvalue weighted by Gasteiger charge is 2.30. The minimum Gasteiger partial charge on any atom is -0.462 e. The number of esters is 4. The molecule has 0 rings (SSSR count). The van der Waals surface area contributed by atoms with Crippen molar-refractivity contribution in [3.8, 4) is 0 Å². The topological polar surface area (TPSA) is 237 Å². The first kappa shape index (κ1) is 105. The number of aliphatic hydroxyl groups is 1. The summed E-state index contributed by atoms with van der Waals surface area (Å²) in [6.45, 7) is 7.40. The lowest BCUT2D eigenvalue weighted by Gasteiger charge is -2.21. The fraction of sp³-hybridized carbons (Fsp3) is 0.955. The van der Waals surface area contributed by atoms with E-state index in [1.165, 1.54) is 302 Å². The van der Waals surface area contributed by atoms with E-state index >= 15 is 0 Å². The summed E-state index contributed by atoms with van der Waals surface area (Å²) in [7, 11) is -9.93. The van der Waals surface area contributed by atoms with Crippen LogP contribution >= 0.6 is 15.6 Å². The van der Waals surface area contributed by atoms with Crippen molar-refractivity contribution in [2.24, 2.45) is 5.92 Å². The molecular formula is C88H172O17P2. The molecule has 0 aliphatic carbocycles. The third kappa shape index (κ3) is 81.9. The van der Waals surface area contributed by atoms with E-state index in [-0.39, 0.29) is 25.7 Å². The van der Waals surface area contributed by atoms with Gasteiger partial charge < -0.3 is 33.8 Å². The first-order valence-corrected chi connectivity index (χ1v) is 48.6. The average molecular weight is 1560 g/mol. The maximum absolute atomic E-state index is 13.2. The number of ether oxygens (including phenoxy) is 4. The van der Waals surface area contributed by atoms with Gasteiger partial charge in [-0.2, -0.15) is 0 Å². The van der Waals surface area contributed by atoms with Gasteiger partial charge in [0.2, 0.25) is 0 Å². The summed E-state index contributed by atoms with van der Waals surface area (Å²) >= 11 is 0. The van der Waals surface area contributed by atoms with E-state index in [1.54, 1.807) is 0 Å². The second-order valence-electron chi connectivity index (χ2n) is 32.1. The molecule has 0 aromatic carbocycles. The molecule has 0 fully saturated rings. The number of carbonyl (C=O) groups is 4. The molecule has 19 heteroatoms. The Hall–Kier alpha value is -1.94. The number of phosphoric ester groups is 2. The summed E-state index contributed by atoms with van der Waals surface area (Å²) < 4.78 is 69.0. The van der Waals surface area contributed by atoms with Gasteiger partial charge in [-0.15, -0.1) is 0 Å². The van der Waals surface area contributed by atoms with Gasteiger partial charge in [0.15, 0.2) is 12.2 Å². The van der Waals surface area contributed by atoms with Gasteiger partial charge in [0.1, 0.15) is 19.3 Å². The molecule has 0 aromatic rings. The zero-order valence-corrected chi connectivity index (χ0v) is 72.1. The van der Waals surface area contributed by atoms with E-state index in [1.807, 2.05) is 0 Å². The Morgan fingerprint density at radius 1 is 0.252 bits per heavy atom. The largest absolute Gasteiger partial charge is 0.472 e.